The first-order valence-corrected chi connectivity index (χ1v) is 8.54. The van der Waals surface area contributed by atoms with E-state index in [-0.39, 0.29) is 67.8 Å². The second-order valence-electron chi connectivity index (χ2n) is 5.02. The fourth-order valence-corrected chi connectivity index (χ4v) is 3.17. The van der Waals surface area contributed by atoms with Gasteiger partial charge in [0, 0.05) is 11.4 Å². The normalized spacial score (nSPS) is 10.4. The van der Waals surface area contributed by atoms with Gasteiger partial charge < -0.3 is 4.74 Å². The number of urea groups is 1. The van der Waals surface area contributed by atoms with Crippen LogP contribution in [0.15, 0.2) is 35.2 Å². The van der Waals surface area contributed by atoms with E-state index in [4.69, 9.17) is 0 Å². The van der Waals surface area contributed by atoms with Crippen LogP contribution in [0.25, 0.3) is 0 Å². The molecule has 0 atom stereocenters. The molecule has 1 aromatic heterocycles. The van der Waals surface area contributed by atoms with Crippen LogP contribution < -0.4 is 61.4 Å². The molecule has 0 spiro atoms. The van der Waals surface area contributed by atoms with Crippen molar-refractivity contribution >= 4 is 28.0 Å². The standard InChI is InChI=1S/C15H16N4O5S.K/c1-9-8-10(2)17-14(16-9)18-15(21)19-25(22,23)12-7-5-4-6-11(12)13(20)24-3;/h4-8H,1-3H3,(H2,16,17,18,19,21);/q;+1. The van der Waals surface area contributed by atoms with E-state index < -0.39 is 22.0 Å². The molecule has 2 aromatic rings. The summed E-state index contributed by atoms with van der Waals surface area (Å²) in [5, 5.41) is 2.24. The number of hydrogen-bond acceptors (Lipinski definition) is 7. The quantitative estimate of drug-likeness (QED) is 0.465. The predicted molar refractivity (Wildman–Crippen MR) is 88.6 cm³/mol. The number of nitrogens with zero attached hydrogens (tertiary/aromatic N) is 2. The Bertz CT molecular complexity index is 913. The van der Waals surface area contributed by atoms with Crippen molar-refractivity contribution in [3.63, 3.8) is 0 Å². The molecule has 26 heavy (non-hydrogen) atoms. The molecule has 0 aliphatic carbocycles. The maximum absolute atomic E-state index is 12.4. The van der Waals surface area contributed by atoms with Crippen LogP contribution in [-0.2, 0) is 14.8 Å². The predicted octanol–water partition coefficient (Wildman–Crippen LogP) is -1.61. The topological polar surface area (TPSA) is 127 Å². The summed E-state index contributed by atoms with van der Waals surface area (Å²) in [4.78, 5) is 31.3. The maximum Gasteiger partial charge on any atom is 1.00 e. The van der Waals surface area contributed by atoms with Crippen LogP contribution in [-0.4, -0.2) is 37.5 Å². The van der Waals surface area contributed by atoms with Gasteiger partial charge in [0.1, 0.15) is 4.90 Å². The molecular weight excluding hydrogens is 387 g/mol. The van der Waals surface area contributed by atoms with E-state index in [1.807, 2.05) is 4.72 Å². The zero-order chi connectivity index (χ0) is 18.6. The minimum Gasteiger partial charge on any atom is -0.465 e. The summed E-state index contributed by atoms with van der Waals surface area (Å²) in [6, 6.07) is 6.03. The molecule has 11 heteroatoms. The van der Waals surface area contributed by atoms with Gasteiger partial charge in [0.25, 0.3) is 10.0 Å². The number of aromatic nitrogens is 2. The average Bonchev–Trinajstić information content (AvgIpc) is 2.52. The number of nitrogens with one attached hydrogen (secondary N) is 2. The first-order chi connectivity index (χ1) is 11.7. The van der Waals surface area contributed by atoms with Gasteiger partial charge in [-0.2, -0.15) is 0 Å². The summed E-state index contributed by atoms with van der Waals surface area (Å²) in [6.45, 7) is 3.42. The van der Waals surface area contributed by atoms with E-state index in [2.05, 4.69) is 20.0 Å². The third-order valence-electron chi connectivity index (χ3n) is 3.02. The maximum atomic E-state index is 12.4. The number of carbonyl (C=O) groups excluding carboxylic acids is 2. The van der Waals surface area contributed by atoms with E-state index in [0.29, 0.717) is 11.4 Å². The Morgan fingerprint density at radius 1 is 1.08 bits per heavy atom. The first kappa shape index (κ1) is 22.7. The van der Waals surface area contributed by atoms with Crippen molar-refractivity contribution in [2.24, 2.45) is 0 Å². The minimum atomic E-state index is -4.30. The first-order valence-electron chi connectivity index (χ1n) is 7.06. The third-order valence-corrected chi connectivity index (χ3v) is 4.41. The van der Waals surface area contributed by atoms with Crippen molar-refractivity contribution in [2.45, 2.75) is 18.7 Å². The fraction of sp³-hybridized carbons (Fsp3) is 0.200. The number of sulfonamides is 1. The number of amides is 2. The number of anilines is 1. The molecule has 2 rings (SSSR count). The summed E-state index contributed by atoms with van der Waals surface area (Å²) < 4.78 is 31.1. The van der Waals surface area contributed by atoms with Gasteiger partial charge in [0.15, 0.2) is 0 Å². The monoisotopic (exact) mass is 403 g/mol. The largest absolute Gasteiger partial charge is 1.00 e. The molecule has 2 amide bonds. The number of methoxy groups -OCH3 is 1. The number of carbonyl (C=O) groups is 2. The smallest absolute Gasteiger partial charge is 0.465 e. The van der Waals surface area contributed by atoms with Crippen LogP contribution in [0.5, 0.6) is 0 Å². The van der Waals surface area contributed by atoms with Crippen molar-refractivity contribution in [3.05, 3.63) is 47.3 Å². The van der Waals surface area contributed by atoms with Crippen molar-refractivity contribution in [2.75, 3.05) is 12.4 Å². The van der Waals surface area contributed by atoms with E-state index >= 15 is 0 Å². The summed E-state index contributed by atoms with van der Waals surface area (Å²) in [7, 11) is -3.18. The van der Waals surface area contributed by atoms with E-state index in [1.165, 1.54) is 24.3 Å². The molecule has 1 aromatic carbocycles. The van der Waals surface area contributed by atoms with Crippen LogP contribution in [0, 0.1) is 13.8 Å². The third kappa shape index (κ3) is 5.82. The molecule has 0 fully saturated rings. The number of aryl methyl sites for hydroxylation is 2. The zero-order valence-corrected chi connectivity index (χ0v) is 18.7. The van der Waals surface area contributed by atoms with Gasteiger partial charge in [-0.3, -0.25) is 5.32 Å². The van der Waals surface area contributed by atoms with Gasteiger partial charge in [-0.15, -0.1) is 0 Å². The van der Waals surface area contributed by atoms with Crippen molar-refractivity contribution in [1.29, 1.82) is 0 Å². The Morgan fingerprint density at radius 2 is 1.65 bits per heavy atom. The van der Waals surface area contributed by atoms with Crippen LogP contribution in [0.1, 0.15) is 21.7 Å². The van der Waals surface area contributed by atoms with Crippen LogP contribution in [0.3, 0.4) is 0 Å². The minimum absolute atomic E-state index is 0. The van der Waals surface area contributed by atoms with E-state index in [1.54, 1.807) is 19.9 Å². The van der Waals surface area contributed by atoms with Crippen LogP contribution >= 0.6 is 0 Å². The van der Waals surface area contributed by atoms with Gasteiger partial charge in [-0.25, -0.2) is 32.7 Å². The summed E-state index contributed by atoms with van der Waals surface area (Å²) in [5.74, 6) is -0.870. The Hall–Kier alpha value is -1.37. The molecule has 0 saturated heterocycles. The Morgan fingerprint density at radius 3 is 2.23 bits per heavy atom. The molecule has 0 radical (unpaired) electrons. The summed E-state index contributed by atoms with van der Waals surface area (Å²) in [6.07, 6.45) is 0. The zero-order valence-electron chi connectivity index (χ0n) is 14.7. The Labute approximate surface area is 193 Å². The molecule has 0 bridgehead atoms. The second kappa shape index (κ2) is 9.53. The molecule has 9 nitrogen and oxygen atoms in total. The van der Waals surface area contributed by atoms with Crippen molar-refractivity contribution < 1.29 is 74.1 Å². The van der Waals surface area contributed by atoms with Crippen molar-refractivity contribution in [3.8, 4) is 0 Å². The Kier molecular flexibility index (Phi) is 8.31. The number of ether oxygens (including phenoxy) is 1. The molecular formula is C15H16KN4O5S+. The van der Waals surface area contributed by atoms with Gasteiger partial charge in [0.2, 0.25) is 5.95 Å². The van der Waals surface area contributed by atoms with Gasteiger partial charge in [0.05, 0.1) is 12.7 Å². The molecule has 0 aliphatic heterocycles. The molecule has 1 heterocycles. The second-order valence-corrected chi connectivity index (χ2v) is 6.67. The summed E-state index contributed by atoms with van der Waals surface area (Å²) >= 11 is 0. The molecule has 0 unspecified atom stereocenters. The van der Waals surface area contributed by atoms with Crippen molar-refractivity contribution in [1.82, 2.24) is 14.7 Å². The molecule has 132 valence electrons. The fourth-order valence-electron chi connectivity index (χ4n) is 2.07. The van der Waals surface area contributed by atoms with Gasteiger partial charge in [-0.05, 0) is 32.0 Å². The van der Waals surface area contributed by atoms with Crippen LogP contribution in [0.4, 0.5) is 10.7 Å². The molecule has 0 aliphatic rings. The van der Waals surface area contributed by atoms with E-state index in [9.17, 15) is 18.0 Å². The van der Waals surface area contributed by atoms with E-state index in [0.717, 1.165) is 7.11 Å². The number of esters is 1. The number of benzene rings is 1. The SMILES string of the molecule is COC(=O)c1ccccc1S(=O)(=O)NC(=O)Nc1nc(C)cc(C)n1.[K+]. The average molecular weight is 403 g/mol. The molecule has 0 saturated carbocycles. The van der Waals surface area contributed by atoms with Gasteiger partial charge in [-0.1, -0.05) is 12.1 Å². The molecule has 2 N–H and O–H groups in total. The van der Waals surface area contributed by atoms with Crippen LogP contribution in [0.2, 0.25) is 0 Å². The number of hydrogen-bond donors (Lipinski definition) is 2. The number of rotatable bonds is 4. The summed E-state index contributed by atoms with van der Waals surface area (Å²) in [5.41, 5.74) is 1.04. The Balaban J connectivity index is 0.00000338. The van der Waals surface area contributed by atoms with Gasteiger partial charge >= 0.3 is 63.4 Å².